The van der Waals surface area contributed by atoms with Gasteiger partial charge in [0.15, 0.2) is 0 Å². The van der Waals surface area contributed by atoms with Crippen LogP contribution in [0.15, 0.2) is 60.5 Å². The van der Waals surface area contributed by atoms with Crippen LogP contribution in [0.4, 0.5) is 0 Å². The number of likely N-dealkylation sites (N-methyl/N-ethyl adjacent to an activating group) is 1. The molecule has 1 heteroatoms. The Bertz CT molecular complexity index is 380. The average molecular weight is 245 g/mol. The highest BCUT2D eigenvalue weighted by Gasteiger charge is 2.08. The molecular formula is C17H27N. The second-order valence-corrected chi connectivity index (χ2v) is 4.69. The van der Waals surface area contributed by atoms with Gasteiger partial charge >= 0.3 is 0 Å². The van der Waals surface area contributed by atoms with Gasteiger partial charge in [-0.15, -0.1) is 0 Å². The first-order chi connectivity index (χ1) is 8.38. The number of hydrogen-bond donors (Lipinski definition) is 0. The summed E-state index contributed by atoms with van der Waals surface area (Å²) in [5.74, 6) is 0.455. The normalized spacial score (nSPS) is 12.6. The van der Waals surface area contributed by atoms with Crippen molar-refractivity contribution in [2.75, 3.05) is 7.05 Å². The molecule has 0 fully saturated rings. The number of rotatable bonds is 7. The minimum Gasteiger partial charge on any atom is -0.352 e. The molecule has 0 saturated carbocycles. The molecule has 0 amide bonds. The van der Waals surface area contributed by atoms with Crippen LogP contribution < -0.4 is 0 Å². The molecule has 0 rings (SSSR count). The van der Waals surface area contributed by atoms with Gasteiger partial charge in [0, 0.05) is 12.7 Å². The SMILES string of the molecule is C=CN(C)C(=C)/C(=C\C(=C/C)C(=C)C(C)C)CC. The van der Waals surface area contributed by atoms with Crippen LogP contribution in [0.5, 0.6) is 0 Å². The number of nitrogens with zero attached hydrogens (tertiary/aromatic N) is 1. The van der Waals surface area contributed by atoms with Gasteiger partial charge < -0.3 is 4.90 Å². The van der Waals surface area contributed by atoms with Crippen molar-refractivity contribution in [3.05, 3.63) is 60.5 Å². The molecule has 0 aromatic rings. The van der Waals surface area contributed by atoms with Crippen LogP contribution in [0.1, 0.15) is 34.1 Å². The van der Waals surface area contributed by atoms with Gasteiger partial charge in [-0.05, 0) is 48.3 Å². The van der Waals surface area contributed by atoms with E-state index in [0.29, 0.717) is 5.92 Å². The van der Waals surface area contributed by atoms with Gasteiger partial charge in [-0.3, -0.25) is 0 Å². The Labute approximate surface area is 113 Å². The fraction of sp³-hybridized carbons (Fsp3) is 0.412. The van der Waals surface area contributed by atoms with Crippen molar-refractivity contribution < 1.29 is 0 Å². The summed E-state index contributed by atoms with van der Waals surface area (Å²) in [5, 5.41) is 0. The van der Waals surface area contributed by atoms with E-state index in [0.717, 1.165) is 17.7 Å². The van der Waals surface area contributed by atoms with E-state index in [1.165, 1.54) is 11.1 Å². The van der Waals surface area contributed by atoms with Crippen molar-refractivity contribution in [1.29, 1.82) is 0 Å². The van der Waals surface area contributed by atoms with Gasteiger partial charge in [-0.2, -0.15) is 0 Å². The van der Waals surface area contributed by atoms with Gasteiger partial charge in [0.25, 0.3) is 0 Å². The van der Waals surface area contributed by atoms with E-state index in [1.54, 1.807) is 6.20 Å². The first-order valence-corrected chi connectivity index (χ1v) is 6.49. The summed E-state index contributed by atoms with van der Waals surface area (Å²) in [5.41, 5.74) is 4.56. The molecule has 0 aliphatic carbocycles. The maximum atomic E-state index is 4.16. The summed E-state index contributed by atoms with van der Waals surface area (Å²) in [4.78, 5) is 1.95. The van der Waals surface area contributed by atoms with Crippen molar-refractivity contribution in [1.82, 2.24) is 4.90 Å². The Morgan fingerprint density at radius 3 is 2.17 bits per heavy atom. The quantitative estimate of drug-likeness (QED) is 0.566. The molecule has 0 aliphatic heterocycles. The highest BCUT2D eigenvalue weighted by atomic mass is 15.1. The van der Waals surface area contributed by atoms with E-state index in [1.807, 2.05) is 18.9 Å². The minimum atomic E-state index is 0.455. The number of allylic oxidation sites excluding steroid dienone is 5. The van der Waals surface area contributed by atoms with E-state index < -0.39 is 0 Å². The zero-order valence-electron chi connectivity index (χ0n) is 12.6. The molecule has 100 valence electrons. The van der Waals surface area contributed by atoms with E-state index in [-0.39, 0.29) is 0 Å². The molecule has 0 radical (unpaired) electrons. The topological polar surface area (TPSA) is 3.24 Å². The zero-order valence-corrected chi connectivity index (χ0v) is 12.6. The lowest BCUT2D eigenvalue weighted by Gasteiger charge is -2.20. The van der Waals surface area contributed by atoms with E-state index >= 15 is 0 Å². The predicted octanol–water partition coefficient (Wildman–Crippen LogP) is 5.07. The maximum Gasteiger partial charge on any atom is 0.0362 e. The minimum absolute atomic E-state index is 0.455. The molecule has 18 heavy (non-hydrogen) atoms. The van der Waals surface area contributed by atoms with Crippen LogP contribution in [0.25, 0.3) is 0 Å². The lowest BCUT2D eigenvalue weighted by molar-refractivity contribution is 0.578. The van der Waals surface area contributed by atoms with Crippen LogP contribution in [0.2, 0.25) is 0 Å². The molecule has 0 atom stereocenters. The van der Waals surface area contributed by atoms with Gasteiger partial charge in [0.05, 0.1) is 0 Å². The van der Waals surface area contributed by atoms with Crippen molar-refractivity contribution in [2.24, 2.45) is 5.92 Å². The average Bonchev–Trinajstić information content (AvgIpc) is 2.37. The van der Waals surface area contributed by atoms with Gasteiger partial charge in [-0.25, -0.2) is 0 Å². The molecule has 0 aromatic heterocycles. The van der Waals surface area contributed by atoms with Crippen molar-refractivity contribution >= 4 is 0 Å². The van der Waals surface area contributed by atoms with Gasteiger partial charge in [0.1, 0.15) is 0 Å². The van der Waals surface area contributed by atoms with Crippen molar-refractivity contribution in [3.8, 4) is 0 Å². The van der Waals surface area contributed by atoms with Crippen LogP contribution >= 0.6 is 0 Å². The Hall–Kier alpha value is -1.50. The fourth-order valence-corrected chi connectivity index (χ4v) is 1.61. The lowest BCUT2D eigenvalue weighted by Crippen LogP contribution is -2.10. The lowest BCUT2D eigenvalue weighted by atomic mass is 9.94. The summed E-state index contributed by atoms with van der Waals surface area (Å²) in [6.45, 7) is 20.6. The van der Waals surface area contributed by atoms with Gasteiger partial charge in [-0.1, -0.05) is 46.6 Å². The summed E-state index contributed by atoms with van der Waals surface area (Å²) in [7, 11) is 1.96. The third-order valence-electron chi connectivity index (χ3n) is 3.16. The molecule has 0 N–H and O–H groups in total. The first-order valence-electron chi connectivity index (χ1n) is 6.49. The Kier molecular flexibility index (Phi) is 7.11. The summed E-state index contributed by atoms with van der Waals surface area (Å²) in [6, 6.07) is 0. The van der Waals surface area contributed by atoms with E-state index in [9.17, 15) is 0 Å². The maximum absolute atomic E-state index is 4.16. The van der Waals surface area contributed by atoms with Crippen molar-refractivity contribution in [2.45, 2.75) is 34.1 Å². The summed E-state index contributed by atoms with van der Waals surface area (Å²) >= 11 is 0. The third-order valence-corrected chi connectivity index (χ3v) is 3.16. The van der Waals surface area contributed by atoms with Crippen LogP contribution in [-0.2, 0) is 0 Å². The predicted molar refractivity (Wildman–Crippen MR) is 83.2 cm³/mol. The Morgan fingerprint density at radius 1 is 1.28 bits per heavy atom. The highest BCUT2D eigenvalue weighted by molar-refractivity contribution is 5.44. The molecule has 1 nitrogen and oxygen atoms in total. The fourth-order valence-electron chi connectivity index (χ4n) is 1.61. The molecule has 0 aliphatic rings. The third kappa shape index (κ3) is 4.40. The van der Waals surface area contributed by atoms with Crippen LogP contribution in [0, 0.1) is 5.92 Å². The Balaban J connectivity index is 5.27. The van der Waals surface area contributed by atoms with Gasteiger partial charge in [0.2, 0.25) is 0 Å². The zero-order chi connectivity index (χ0) is 14.3. The molecule has 0 saturated heterocycles. The monoisotopic (exact) mass is 245 g/mol. The molecule has 0 unspecified atom stereocenters. The van der Waals surface area contributed by atoms with E-state index in [4.69, 9.17) is 0 Å². The second-order valence-electron chi connectivity index (χ2n) is 4.69. The highest BCUT2D eigenvalue weighted by Crippen LogP contribution is 2.24. The largest absolute Gasteiger partial charge is 0.352 e. The molecule has 0 heterocycles. The summed E-state index contributed by atoms with van der Waals surface area (Å²) in [6.07, 6.45) is 7.02. The molecular weight excluding hydrogens is 218 g/mol. The Morgan fingerprint density at radius 2 is 1.83 bits per heavy atom. The summed E-state index contributed by atoms with van der Waals surface area (Å²) < 4.78 is 0. The number of hydrogen-bond acceptors (Lipinski definition) is 1. The van der Waals surface area contributed by atoms with E-state index in [2.05, 4.69) is 52.7 Å². The molecule has 0 spiro atoms. The second kappa shape index (κ2) is 7.75. The molecule has 0 bridgehead atoms. The van der Waals surface area contributed by atoms with Crippen molar-refractivity contribution in [3.63, 3.8) is 0 Å². The molecule has 0 aromatic carbocycles. The van der Waals surface area contributed by atoms with Crippen LogP contribution in [-0.4, -0.2) is 11.9 Å². The first kappa shape index (κ1) is 16.5. The standard InChI is InChI=1S/C17H27N/c1-9-16(14(6)13(4)5)12-17(10-2)15(7)18(8)11-3/h9,11-13H,3,6-7,10H2,1-2,4-5,8H3/b16-9+,17-12-. The van der Waals surface area contributed by atoms with Crippen LogP contribution in [0.3, 0.4) is 0 Å². The smallest absolute Gasteiger partial charge is 0.0362 e.